The Hall–Kier alpha value is -2.52. The van der Waals surface area contributed by atoms with Crippen LogP contribution in [0, 0.1) is 22.9 Å². The molecule has 26 heavy (non-hydrogen) atoms. The molecule has 0 heterocycles. The smallest absolute Gasteiger partial charge is 0.271 e. The van der Waals surface area contributed by atoms with Gasteiger partial charge in [0.25, 0.3) is 15.7 Å². The molecule has 1 N–H and O–H groups in total. The largest absolute Gasteiger partial charge is 0.389 e. The fourth-order valence-electron chi connectivity index (χ4n) is 2.29. The maximum absolute atomic E-state index is 14.4. The predicted molar refractivity (Wildman–Crippen MR) is 95.1 cm³/mol. The summed E-state index contributed by atoms with van der Waals surface area (Å²) in [5.74, 6) is -0.949. The molecule has 9 heteroatoms. The number of halogens is 1. The van der Waals surface area contributed by atoms with Gasteiger partial charge >= 0.3 is 0 Å². The van der Waals surface area contributed by atoms with E-state index in [1.54, 1.807) is 19.1 Å². The third kappa shape index (κ3) is 4.36. The molecule has 0 aromatic heterocycles. The third-order valence-electron chi connectivity index (χ3n) is 3.55. The molecule has 0 saturated heterocycles. The zero-order valence-corrected chi connectivity index (χ0v) is 15.3. The summed E-state index contributed by atoms with van der Waals surface area (Å²) in [5, 5.41) is 21.1. The summed E-state index contributed by atoms with van der Waals surface area (Å²) in [5.41, 5.74) is -1.63. The second kappa shape index (κ2) is 7.00. The first-order valence-corrected chi connectivity index (χ1v) is 9.11. The fraction of sp³-hybridized carbons (Fsp3) is 0.294. The highest BCUT2D eigenvalue weighted by Gasteiger charge is 2.32. The lowest BCUT2D eigenvalue weighted by Crippen LogP contribution is -2.42. The molecular weight excluding hydrogens is 363 g/mol. The lowest BCUT2D eigenvalue weighted by Gasteiger charge is -2.30. The standard InChI is InChI=1S/C17H19FN2O5S/c1-12-4-7-14(8-5-12)26(24,25)19(11-17(2,3)21)16-10-13(20(22)23)6-9-15(16)18/h4-10,21H,11H2,1-3H3. The van der Waals surface area contributed by atoms with Crippen molar-refractivity contribution < 1.29 is 22.8 Å². The monoisotopic (exact) mass is 382 g/mol. The molecule has 0 saturated carbocycles. The second-order valence-corrected chi connectivity index (χ2v) is 8.39. The maximum atomic E-state index is 14.4. The van der Waals surface area contributed by atoms with E-state index in [0.29, 0.717) is 4.31 Å². The average Bonchev–Trinajstić information content (AvgIpc) is 2.52. The van der Waals surface area contributed by atoms with Gasteiger partial charge in [-0.25, -0.2) is 12.8 Å². The maximum Gasteiger partial charge on any atom is 0.271 e. The van der Waals surface area contributed by atoms with E-state index in [9.17, 15) is 28.0 Å². The normalized spacial score (nSPS) is 12.0. The van der Waals surface area contributed by atoms with Crippen molar-refractivity contribution in [2.24, 2.45) is 0 Å². The van der Waals surface area contributed by atoms with Crippen molar-refractivity contribution in [3.05, 3.63) is 64.0 Å². The molecule has 0 aliphatic carbocycles. The Morgan fingerprint density at radius 1 is 1.19 bits per heavy atom. The quantitative estimate of drug-likeness (QED) is 0.611. The van der Waals surface area contributed by atoms with E-state index in [1.165, 1.54) is 26.0 Å². The van der Waals surface area contributed by atoms with Crippen LogP contribution >= 0.6 is 0 Å². The van der Waals surface area contributed by atoms with Crippen molar-refractivity contribution in [1.29, 1.82) is 0 Å². The minimum absolute atomic E-state index is 0.113. The van der Waals surface area contributed by atoms with Crippen LogP contribution in [0.25, 0.3) is 0 Å². The molecule has 2 rings (SSSR count). The van der Waals surface area contributed by atoms with E-state index in [2.05, 4.69) is 0 Å². The van der Waals surface area contributed by atoms with Crippen LogP contribution in [-0.4, -0.2) is 30.6 Å². The van der Waals surface area contributed by atoms with Gasteiger partial charge in [-0.05, 0) is 39.0 Å². The SMILES string of the molecule is Cc1ccc(S(=O)(=O)N(CC(C)(C)O)c2cc([N+](=O)[O-])ccc2F)cc1. The topological polar surface area (TPSA) is 101 Å². The van der Waals surface area contributed by atoms with Crippen LogP contribution < -0.4 is 4.31 Å². The molecule has 0 amide bonds. The predicted octanol–water partition coefficient (Wildman–Crippen LogP) is 3.01. The minimum Gasteiger partial charge on any atom is -0.389 e. The Kier molecular flexibility index (Phi) is 5.33. The molecular formula is C17H19FN2O5S. The van der Waals surface area contributed by atoms with E-state index >= 15 is 0 Å². The summed E-state index contributed by atoms with van der Waals surface area (Å²) in [6.07, 6.45) is 0. The first-order chi connectivity index (χ1) is 11.9. The summed E-state index contributed by atoms with van der Waals surface area (Å²) in [6.45, 7) is 4.02. The van der Waals surface area contributed by atoms with Crippen molar-refractivity contribution in [1.82, 2.24) is 0 Å². The fourth-order valence-corrected chi connectivity index (χ4v) is 3.91. The summed E-state index contributed by atoms with van der Waals surface area (Å²) in [4.78, 5) is 10.1. The highest BCUT2D eigenvalue weighted by atomic mass is 32.2. The average molecular weight is 382 g/mol. The number of aliphatic hydroxyl groups is 1. The molecule has 2 aromatic rings. The van der Waals surface area contributed by atoms with Gasteiger partial charge in [0.1, 0.15) is 5.82 Å². The number of hydrogen-bond acceptors (Lipinski definition) is 5. The van der Waals surface area contributed by atoms with Crippen LogP contribution in [0.4, 0.5) is 15.8 Å². The van der Waals surface area contributed by atoms with Crippen LogP contribution in [-0.2, 0) is 10.0 Å². The van der Waals surface area contributed by atoms with Crippen LogP contribution in [0.3, 0.4) is 0 Å². The van der Waals surface area contributed by atoms with Crippen LogP contribution in [0.15, 0.2) is 47.4 Å². The van der Waals surface area contributed by atoms with Gasteiger partial charge in [0.2, 0.25) is 0 Å². The second-order valence-electron chi connectivity index (χ2n) is 6.53. The van der Waals surface area contributed by atoms with Gasteiger partial charge in [-0.2, -0.15) is 0 Å². The minimum atomic E-state index is -4.26. The Labute approximate surface area is 150 Å². The Morgan fingerprint density at radius 2 is 1.77 bits per heavy atom. The van der Waals surface area contributed by atoms with E-state index < -0.39 is 44.3 Å². The number of non-ortho nitro benzene ring substituents is 1. The molecule has 0 unspecified atom stereocenters. The third-order valence-corrected chi connectivity index (χ3v) is 5.32. The van der Waals surface area contributed by atoms with Gasteiger partial charge in [0.15, 0.2) is 0 Å². The Morgan fingerprint density at radius 3 is 2.27 bits per heavy atom. The van der Waals surface area contributed by atoms with E-state index in [1.807, 2.05) is 0 Å². The first-order valence-electron chi connectivity index (χ1n) is 7.67. The molecule has 0 bridgehead atoms. The number of anilines is 1. The highest BCUT2D eigenvalue weighted by molar-refractivity contribution is 7.92. The number of nitro groups is 1. The highest BCUT2D eigenvalue weighted by Crippen LogP contribution is 2.31. The number of nitro benzene ring substituents is 1. The van der Waals surface area contributed by atoms with Gasteiger partial charge in [-0.1, -0.05) is 17.7 Å². The van der Waals surface area contributed by atoms with Gasteiger partial charge < -0.3 is 5.11 Å². The molecule has 0 spiro atoms. The zero-order valence-electron chi connectivity index (χ0n) is 14.5. The van der Waals surface area contributed by atoms with Crippen molar-refractivity contribution in [2.75, 3.05) is 10.8 Å². The summed E-state index contributed by atoms with van der Waals surface area (Å²) >= 11 is 0. The van der Waals surface area contributed by atoms with E-state index in [-0.39, 0.29) is 4.90 Å². The number of aryl methyl sites for hydroxylation is 1. The number of rotatable bonds is 6. The van der Waals surface area contributed by atoms with Crippen LogP contribution in [0.5, 0.6) is 0 Å². The van der Waals surface area contributed by atoms with Crippen molar-refractivity contribution in [2.45, 2.75) is 31.3 Å². The summed E-state index contributed by atoms with van der Waals surface area (Å²) < 4.78 is 41.1. The molecule has 0 radical (unpaired) electrons. The van der Waals surface area contributed by atoms with Gasteiger partial charge in [0.05, 0.1) is 27.7 Å². The number of hydrogen-bond donors (Lipinski definition) is 1. The first kappa shape index (κ1) is 19.8. The van der Waals surface area contributed by atoms with Crippen molar-refractivity contribution in [3.63, 3.8) is 0 Å². The molecule has 2 aromatic carbocycles. The van der Waals surface area contributed by atoms with Gasteiger partial charge in [0, 0.05) is 12.1 Å². The Bertz CT molecular complexity index is 921. The number of nitrogens with zero attached hydrogens (tertiary/aromatic N) is 2. The molecule has 0 fully saturated rings. The summed E-state index contributed by atoms with van der Waals surface area (Å²) in [7, 11) is -4.26. The van der Waals surface area contributed by atoms with Gasteiger partial charge in [-0.3, -0.25) is 14.4 Å². The van der Waals surface area contributed by atoms with Crippen LogP contribution in [0.1, 0.15) is 19.4 Å². The number of benzene rings is 2. The molecule has 0 aliphatic heterocycles. The molecule has 0 aliphatic rings. The van der Waals surface area contributed by atoms with Crippen LogP contribution in [0.2, 0.25) is 0 Å². The molecule has 0 atom stereocenters. The number of sulfonamides is 1. The van der Waals surface area contributed by atoms with Crippen molar-refractivity contribution >= 4 is 21.4 Å². The Balaban J connectivity index is 2.66. The van der Waals surface area contributed by atoms with E-state index in [0.717, 1.165) is 23.8 Å². The van der Waals surface area contributed by atoms with Gasteiger partial charge in [-0.15, -0.1) is 0 Å². The zero-order chi connectivity index (χ0) is 19.7. The lowest BCUT2D eigenvalue weighted by atomic mass is 10.1. The van der Waals surface area contributed by atoms with E-state index in [4.69, 9.17) is 0 Å². The lowest BCUT2D eigenvalue weighted by molar-refractivity contribution is -0.384. The summed E-state index contributed by atoms with van der Waals surface area (Å²) in [6, 6.07) is 8.49. The molecule has 140 valence electrons. The molecule has 7 nitrogen and oxygen atoms in total. The van der Waals surface area contributed by atoms with Crippen molar-refractivity contribution in [3.8, 4) is 0 Å².